The Hall–Kier alpha value is -2.94. The second kappa shape index (κ2) is 9.25. The molecule has 0 aliphatic carbocycles. The lowest BCUT2D eigenvalue weighted by Gasteiger charge is -2.27. The van der Waals surface area contributed by atoms with E-state index in [-0.39, 0.29) is 11.9 Å². The molecule has 1 aliphatic rings. The fraction of sp³-hybridized carbons (Fsp3) is 0.524. The van der Waals surface area contributed by atoms with Crippen molar-refractivity contribution >= 4 is 5.82 Å². The number of hydrogen-bond donors (Lipinski definition) is 3. The number of ether oxygens (including phenoxy) is 3. The third-order valence-electron chi connectivity index (χ3n) is 5.69. The monoisotopic (exact) mass is 419 g/mol. The van der Waals surface area contributed by atoms with Crippen molar-refractivity contribution in [2.45, 2.75) is 38.8 Å². The molecule has 3 rings (SSSR count). The number of rotatable bonds is 8. The van der Waals surface area contributed by atoms with Gasteiger partial charge < -0.3 is 24.8 Å². The molecule has 1 atom stereocenters. The van der Waals surface area contributed by atoms with Gasteiger partial charge in [-0.3, -0.25) is 14.3 Å². The van der Waals surface area contributed by atoms with Crippen LogP contribution in [0.5, 0.6) is 17.2 Å². The van der Waals surface area contributed by atoms with E-state index in [9.17, 15) is 9.59 Å². The zero-order valence-electron chi connectivity index (χ0n) is 18.0. The van der Waals surface area contributed by atoms with Crippen molar-refractivity contribution in [2.24, 2.45) is 0 Å². The molecule has 0 radical (unpaired) electrons. The molecule has 2 aromatic rings. The molecule has 1 aromatic heterocycles. The van der Waals surface area contributed by atoms with E-state index in [0.29, 0.717) is 29.4 Å². The van der Waals surface area contributed by atoms with Gasteiger partial charge in [0.15, 0.2) is 11.5 Å². The Morgan fingerprint density at radius 2 is 1.70 bits per heavy atom. The average molecular weight is 420 g/mol. The summed E-state index contributed by atoms with van der Waals surface area (Å²) < 4.78 is 17.9. The number of aromatic amines is 1. The van der Waals surface area contributed by atoms with Gasteiger partial charge in [-0.05, 0) is 18.6 Å². The van der Waals surface area contributed by atoms with Gasteiger partial charge >= 0.3 is 5.69 Å². The maximum Gasteiger partial charge on any atom is 0.329 e. The number of aromatic nitrogens is 2. The van der Waals surface area contributed by atoms with Crippen LogP contribution in [0.1, 0.15) is 43.4 Å². The molecule has 0 amide bonds. The summed E-state index contributed by atoms with van der Waals surface area (Å²) in [5.41, 5.74) is 6.69. The van der Waals surface area contributed by atoms with Gasteiger partial charge in [-0.2, -0.15) is 0 Å². The average Bonchev–Trinajstić information content (AvgIpc) is 3.27. The van der Waals surface area contributed by atoms with E-state index in [1.54, 1.807) is 21.3 Å². The standard InChI is InChI=1S/C21H30N4O5/c1-5-8-25-19(22)16(20(26)23-21(25)27)17(24-9-6-7-10-24)13-11-14(28-2)18(30-4)15(12-13)29-3/h11-12,17H,5-10,22H2,1-4H3,(H,23,26,27)/p+1/t17-/m0/s1. The Balaban J connectivity index is 2.28. The van der Waals surface area contributed by atoms with E-state index in [1.165, 1.54) is 9.47 Å². The molecule has 4 N–H and O–H groups in total. The lowest BCUT2D eigenvalue weighted by molar-refractivity contribution is -0.913. The first-order chi connectivity index (χ1) is 14.5. The van der Waals surface area contributed by atoms with Crippen molar-refractivity contribution in [3.05, 3.63) is 44.1 Å². The zero-order valence-corrected chi connectivity index (χ0v) is 18.0. The van der Waals surface area contributed by atoms with E-state index >= 15 is 0 Å². The van der Waals surface area contributed by atoms with Crippen LogP contribution in [0.15, 0.2) is 21.7 Å². The molecule has 1 fully saturated rings. The summed E-state index contributed by atoms with van der Waals surface area (Å²) in [4.78, 5) is 29.0. The van der Waals surface area contributed by atoms with Gasteiger partial charge in [0.25, 0.3) is 5.56 Å². The molecule has 0 spiro atoms. The van der Waals surface area contributed by atoms with E-state index in [4.69, 9.17) is 19.9 Å². The number of methoxy groups -OCH3 is 3. The molecule has 9 nitrogen and oxygen atoms in total. The Bertz CT molecular complexity index is 982. The van der Waals surface area contributed by atoms with Crippen LogP contribution >= 0.6 is 0 Å². The highest BCUT2D eigenvalue weighted by atomic mass is 16.5. The van der Waals surface area contributed by atoms with E-state index in [0.717, 1.165) is 37.9 Å². The minimum atomic E-state index is -0.483. The SMILES string of the molecule is CCCn1c(N)c([C@H](c2cc(OC)c(OC)c(OC)c2)[NH+]2CCCC2)c(=O)[nH]c1=O. The fourth-order valence-electron chi connectivity index (χ4n) is 4.32. The lowest BCUT2D eigenvalue weighted by Crippen LogP contribution is -3.10. The highest BCUT2D eigenvalue weighted by Crippen LogP contribution is 2.40. The molecule has 30 heavy (non-hydrogen) atoms. The van der Waals surface area contributed by atoms with Crippen LogP contribution < -0.4 is 36.1 Å². The molecule has 9 heteroatoms. The van der Waals surface area contributed by atoms with Crippen LogP contribution in [0, 0.1) is 0 Å². The van der Waals surface area contributed by atoms with Gasteiger partial charge in [-0.1, -0.05) is 6.92 Å². The lowest BCUT2D eigenvalue weighted by atomic mass is 9.97. The molecule has 1 aliphatic heterocycles. The third kappa shape index (κ3) is 3.89. The zero-order chi connectivity index (χ0) is 21.8. The Morgan fingerprint density at radius 3 is 2.20 bits per heavy atom. The van der Waals surface area contributed by atoms with Crippen molar-refractivity contribution in [1.29, 1.82) is 0 Å². The highest BCUT2D eigenvalue weighted by Gasteiger charge is 2.35. The Labute approximate surface area is 175 Å². The van der Waals surface area contributed by atoms with Gasteiger partial charge in [0.1, 0.15) is 17.4 Å². The summed E-state index contributed by atoms with van der Waals surface area (Å²) in [6.07, 6.45) is 2.84. The third-order valence-corrected chi connectivity index (χ3v) is 5.69. The number of nitrogens with two attached hydrogens (primary N) is 1. The minimum absolute atomic E-state index is 0.212. The van der Waals surface area contributed by atoms with Gasteiger partial charge in [0.05, 0.1) is 34.4 Å². The van der Waals surface area contributed by atoms with Crippen molar-refractivity contribution in [3.8, 4) is 17.2 Å². The van der Waals surface area contributed by atoms with Crippen LogP contribution in [0.4, 0.5) is 5.82 Å². The number of nitrogens with one attached hydrogen (secondary N) is 2. The Morgan fingerprint density at radius 1 is 1.10 bits per heavy atom. The van der Waals surface area contributed by atoms with Crippen molar-refractivity contribution < 1.29 is 19.1 Å². The first-order valence-electron chi connectivity index (χ1n) is 10.2. The minimum Gasteiger partial charge on any atom is -0.493 e. The molecule has 2 heterocycles. The van der Waals surface area contributed by atoms with Gasteiger partial charge in [-0.25, -0.2) is 4.79 Å². The summed E-state index contributed by atoms with van der Waals surface area (Å²) in [6, 6.07) is 3.34. The smallest absolute Gasteiger partial charge is 0.329 e. The molecule has 1 saturated heterocycles. The highest BCUT2D eigenvalue weighted by molar-refractivity contribution is 5.56. The molecule has 1 aromatic carbocycles. The summed E-state index contributed by atoms with van der Waals surface area (Å²) in [7, 11) is 4.66. The number of quaternary nitrogens is 1. The molecule has 0 unspecified atom stereocenters. The maximum atomic E-state index is 13.0. The largest absolute Gasteiger partial charge is 0.493 e. The second-order valence-corrected chi connectivity index (χ2v) is 7.47. The Kier molecular flexibility index (Phi) is 6.71. The van der Waals surface area contributed by atoms with Crippen LogP contribution in [0.2, 0.25) is 0 Å². The van der Waals surface area contributed by atoms with Crippen molar-refractivity contribution in [3.63, 3.8) is 0 Å². The van der Waals surface area contributed by atoms with Gasteiger partial charge in [0, 0.05) is 24.9 Å². The molecular formula is C21H31N4O5+. The van der Waals surface area contributed by atoms with Crippen molar-refractivity contribution in [1.82, 2.24) is 9.55 Å². The van der Waals surface area contributed by atoms with Crippen LogP contribution in [-0.2, 0) is 6.54 Å². The second-order valence-electron chi connectivity index (χ2n) is 7.47. The van der Waals surface area contributed by atoms with Crippen LogP contribution in [0.3, 0.4) is 0 Å². The number of hydrogen-bond acceptors (Lipinski definition) is 6. The first-order valence-corrected chi connectivity index (χ1v) is 10.2. The summed E-state index contributed by atoms with van der Waals surface area (Å²) in [6.45, 7) is 4.19. The number of likely N-dealkylation sites (tertiary alicyclic amines) is 1. The van der Waals surface area contributed by atoms with Crippen LogP contribution in [0.25, 0.3) is 0 Å². The number of nitrogens with zero attached hydrogens (tertiary/aromatic N) is 1. The van der Waals surface area contributed by atoms with E-state index in [1.807, 2.05) is 19.1 Å². The van der Waals surface area contributed by atoms with Gasteiger partial charge in [0.2, 0.25) is 5.75 Å². The summed E-state index contributed by atoms with van der Waals surface area (Å²) in [5, 5.41) is 0. The van der Waals surface area contributed by atoms with Crippen molar-refractivity contribution in [2.75, 3.05) is 40.2 Å². The summed E-state index contributed by atoms with van der Waals surface area (Å²) in [5.74, 6) is 1.71. The molecule has 0 saturated carbocycles. The van der Waals surface area contributed by atoms with Gasteiger partial charge in [-0.15, -0.1) is 0 Å². The number of H-pyrrole nitrogens is 1. The molecule has 164 valence electrons. The number of benzene rings is 1. The predicted octanol–water partition coefficient (Wildman–Crippen LogP) is 0.323. The first kappa shape index (κ1) is 21.8. The maximum absolute atomic E-state index is 13.0. The normalized spacial score (nSPS) is 15.2. The van der Waals surface area contributed by atoms with Crippen LogP contribution in [-0.4, -0.2) is 44.0 Å². The quantitative estimate of drug-likeness (QED) is 0.568. The van der Waals surface area contributed by atoms with E-state index < -0.39 is 11.2 Å². The fourth-order valence-corrected chi connectivity index (χ4v) is 4.32. The van der Waals surface area contributed by atoms with E-state index in [2.05, 4.69) is 4.98 Å². The topological polar surface area (TPSA) is 113 Å². The predicted molar refractivity (Wildman–Crippen MR) is 114 cm³/mol. The number of nitrogen functional groups attached to an aromatic ring is 1. The molecular weight excluding hydrogens is 388 g/mol. The summed E-state index contributed by atoms with van der Waals surface area (Å²) >= 11 is 0. The molecule has 0 bridgehead atoms. The number of anilines is 1.